The van der Waals surface area contributed by atoms with Gasteiger partial charge < -0.3 is 9.63 Å². The summed E-state index contributed by atoms with van der Waals surface area (Å²) in [5, 5.41) is 13.6. The molecule has 0 saturated carbocycles. The summed E-state index contributed by atoms with van der Waals surface area (Å²) in [5.41, 5.74) is 1.96. The molecule has 4 heteroatoms. The summed E-state index contributed by atoms with van der Waals surface area (Å²) in [7, 11) is 0. The number of aliphatic hydroxyl groups excluding tert-OH is 1. The Bertz CT molecular complexity index is 516. The second-order valence-electron chi connectivity index (χ2n) is 5.05. The number of benzene rings is 1. The predicted molar refractivity (Wildman–Crippen MR) is 72.5 cm³/mol. The number of likely N-dealkylation sites (tertiary alicyclic amines) is 1. The van der Waals surface area contributed by atoms with E-state index in [2.05, 4.69) is 10.1 Å². The van der Waals surface area contributed by atoms with Gasteiger partial charge in [0.25, 0.3) is 0 Å². The zero-order valence-electron chi connectivity index (χ0n) is 10.8. The van der Waals surface area contributed by atoms with E-state index >= 15 is 0 Å². The average Bonchev–Trinajstić information content (AvgIpc) is 2.91. The normalized spacial score (nSPS) is 17.7. The van der Waals surface area contributed by atoms with Crippen molar-refractivity contribution in [3.63, 3.8) is 0 Å². The first-order chi connectivity index (χ1) is 9.31. The zero-order chi connectivity index (χ0) is 13.1. The second-order valence-corrected chi connectivity index (χ2v) is 5.05. The molecule has 1 aliphatic rings. The molecule has 0 bridgehead atoms. The van der Waals surface area contributed by atoms with Gasteiger partial charge in [-0.1, -0.05) is 35.5 Å². The highest BCUT2D eigenvalue weighted by atomic mass is 16.5. The van der Waals surface area contributed by atoms with Crippen LogP contribution in [0.3, 0.4) is 0 Å². The molecule has 2 aromatic rings. The summed E-state index contributed by atoms with van der Waals surface area (Å²) in [4.78, 5) is 2.29. The van der Waals surface area contributed by atoms with Crippen molar-refractivity contribution < 1.29 is 9.63 Å². The molecule has 1 aliphatic heterocycles. The lowest BCUT2D eigenvalue weighted by molar-refractivity contribution is 0.0749. The van der Waals surface area contributed by atoms with E-state index in [1.54, 1.807) is 0 Å². The van der Waals surface area contributed by atoms with Crippen LogP contribution in [0.15, 0.2) is 40.9 Å². The van der Waals surface area contributed by atoms with Gasteiger partial charge in [0.05, 0.1) is 12.6 Å². The SMILES string of the molecule is OC1CCN(Cc2cc(-c3ccccc3)no2)CC1. The molecule has 0 atom stereocenters. The summed E-state index contributed by atoms with van der Waals surface area (Å²) in [6, 6.07) is 12.0. The first-order valence-corrected chi connectivity index (χ1v) is 6.73. The highest BCUT2D eigenvalue weighted by molar-refractivity contribution is 5.58. The number of hydrogen-bond acceptors (Lipinski definition) is 4. The molecular weight excluding hydrogens is 240 g/mol. The highest BCUT2D eigenvalue weighted by Crippen LogP contribution is 2.20. The van der Waals surface area contributed by atoms with Crippen LogP contribution in [0.5, 0.6) is 0 Å². The Morgan fingerprint density at radius 2 is 1.95 bits per heavy atom. The number of nitrogens with zero attached hydrogens (tertiary/aromatic N) is 2. The molecule has 4 nitrogen and oxygen atoms in total. The van der Waals surface area contributed by atoms with Crippen molar-refractivity contribution in [1.82, 2.24) is 10.1 Å². The van der Waals surface area contributed by atoms with Gasteiger partial charge in [0.2, 0.25) is 0 Å². The van der Waals surface area contributed by atoms with Gasteiger partial charge >= 0.3 is 0 Å². The van der Waals surface area contributed by atoms with Crippen LogP contribution in [0.25, 0.3) is 11.3 Å². The molecule has 0 radical (unpaired) electrons. The highest BCUT2D eigenvalue weighted by Gasteiger charge is 2.18. The maximum atomic E-state index is 9.48. The molecule has 1 aromatic carbocycles. The van der Waals surface area contributed by atoms with E-state index < -0.39 is 0 Å². The molecule has 1 fully saturated rings. The largest absolute Gasteiger partial charge is 0.393 e. The lowest BCUT2D eigenvalue weighted by Crippen LogP contribution is -2.35. The van der Waals surface area contributed by atoms with Gasteiger partial charge in [-0.25, -0.2) is 0 Å². The van der Waals surface area contributed by atoms with E-state index in [1.807, 2.05) is 36.4 Å². The number of aromatic nitrogens is 1. The van der Waals surface area contributed by atoms with Gasteiger partial charge in [0, 0.05) is 24.7 Å². The quantitative estimate of drug-likeness (QED) is 0.917. The van der Waals surface area contributed by atoms with Gasteiger partial charge in [-0.3, -0.25) is 4.90 Å². The van der Waals surface area contributed by atoms with Gasteiger partial charge in [0.1, 0.15) is 5.69 Å². The Morgan fingerprint density at radius 1 is 1.21 bits per heavy atom. The summed E-state index contributed by atoms with van der Waals surface area (Å²) in [5.74, 6) is 0.884. The van der Waals surface area contributed by atoms with E-state index in [4.69, 9.17) is 4.52 Å². The van der Waals surface area contributed by atoms with Crippen LogP contribution >= 0.6 is 0 Å². The molecule has 0 amide bonds. The maximum absolute atomic E-state index is 9.48. The minimum absolute atomic E-state index is 0.133. The minimum Gasteiger partial charge on any atom is -0.393 e. The van der Waals surface area contributed by atoms with Gasteiger partial charge in [-0.05, 0) is 12.8 Å². The Labute approximate surface area is 112 Å². The van der Waals surface area contributed by atoms with Crippen LogP contribution in [0, 0.1) is 0 Å². The van der Waals surface area contributed by atoms with Crippen molar-refractivity contribution in [2.24, 2.45) is 0 Å². The first-order valence-electron chi connectivity index (χ1n) is 6.73. The van der Waals surface area contributed by atoms with E-state index in [-0.39, 0.29) is 6.10 Å². The van der Waals surface area contributed by atoms with E-state index in [0.717, 1.165) is 49.5 Å². The summed E-state index contributed by atoms with van der Waals surface area (Å²) in [6.45, 7) is 2.61. The molecule has 2 heterocycles. The lowest BCUT2D eigenvalue weighted by Gasteiger charge is -2.28. The number of piperidine rings is 1. The monoisotopic (exact) mass is 258 g/mol. The van der Waals surface area contributed by atoms with Crippen LogP contribution in [0.1, 0.15) is 18.6 Å². The van der Waals surface area contributed by atoms with Crippen molar-refractivity contribution in [1.29, 1.82) is 0 Å². The van der Waals surface area contributed by atoms with E-state index in [1.165, 1.54) is 0 Å². The topological polar surface area (TPSA) is 49.5 Å². The minimum atomic E-state index is -0.133. The summed E-state index contributed by atoms with van der Waals surface area (Å²) in [6.07, 6.45) is 1.56. The Hall–Kier alpha value is -1.65. The molecule has 0 aliphatic carbocycles. The average molecular weight is 258 g/mol. The first kappa shape index (κ1) is 12.4. The van der Waals surface area contributed by atoms with Gasteiger partial charge in [0.15, 0.2) is 5.76 Å². The number of hydrogen-bond donors (Lipinski definition) is 1. The predicted octanol–water partition coefficient (Wildman–Crippen LogP) is 2.30. The smallest absolute Gasteiger partial charge is 0.151 e. The molecule has 19 heavy (non-hydrogen) atoms. The Balaban J connectivity index is 1.65. The number of aliphatic hydroxyl groups is 1. The molecule has 3 rings (SSSR count). The molecule has 0 spiro atoms. The Morgan fingerprint density at radius 3 is 2.68 bits per heavy atom. The fraction of sp³-hybridized carbons (Fsp3) is 0.400. The van der Waals surface area contributed by atoms with Crippen molar-refractivity contribution >= 4 is 0 Å². The van der Waals surface area contributed by atoms with Crippen molar-refractivity contribution in [3.05, 3.63) is 42.2 Å². The van der Waals surface area contributed by atoms with Crippen LogP contribution in [-0.2, 0) is 6.54 Å². The molecule has 1 N–H and O–H groups in total. The third kappa shape index (κ3) is 3.03. The molecule has 1 aromatic heterocycles. The third-order valence-corrected chi connectivity index (χ3v) is 3.57. The van der Waals surface area contributed by atoms with Gasteiger partial charge in [-0.15, -0.1) is 0 Å². The summed E-state index contributed by atoms with van der Waals surface area (Å²) >= 11 is 0. The molecule has 1 saturated heterocycles. The zero-order valence-corrected chi connectivity index (χ0v) is 10.8. The third-order valence-electron chi connectivity index (χ3n) is 3.57. The van der Waals surface area contributed by atoms with Gasteiger partial charge in [-0.2, -0.15) is 0 Å². The van der Waals surface area contributed by atoms with Crippen LogP contribution in [-0.4, -0.2) is 34.4 Å². The lowest BCUT2D eigenvalue weighted by atomic mass is 10.1. The van der Waals surface area contributed by atoms with Crippen molar-refractivity contribution in [3.8, 4) is 11.3 Å². The van der Waals surface area contributed by atoms with Crippen molar-refractivity contribution in [2.75, 3.05) is 13.1 Å². The maximum Gasteiger partial charge on any atom is 0.151 e. The summed E-state index contributed by atoms with van der Waals surface area (Å²) < 4.78 is 5.39. The van der Waals surface area contributed by atoms with Crippen LogP contribution in [0.4, 0.5) is 0 Å². The van der Waals surface area contributed by atoms with Crippen LogP contribution < -0.4 is 0 Å². The molecule has 0 unspecified atom stereocenters. The molecule has 100 valence electrons. The van der Waals surface area contributed by atoms with Crippen LogP contribution in [0.2, 0.25) is 0 Å². The Kier molecular flexibility index (Phi) is 3.62. The fourth-order valence-electron chi connectivity index (χ4n) is 2.43. The fourth-order valence-corrected chi connectivity index (χ4v) is 2.43. The number of rotatable bonds is 3. The van der Waals surface area contributed by atoms with Crippen molar-refractivity contribution in [2.45, 2.75) is 25.5 Å². The van der Waals surface area contributed by atoms with E-state index in [0.29, 0.717) is 0 Å². The van der Waals surface area contributed by atoms with E-state index in [9.17, 15) is 5.11 Å². The molecular formula is C15H18N2O2. The second kappa shape index (κ2) is 5.55. The standard InChI is InChI=1S/C15H18N2O2/c18-13-6-8-17(9-7-13)11-14-10-15(16-19-14)12-4-2-1-3-5-12/h1-5,10,13,18H,6-9,11H2.